The van der Waals surface area contributed by atoms with Gasteiger partial charge < -0.3 is 10.4 Å². The van der Waals surface area contributed by atoms with E-state index in [1.165, 1.54) is 0 Å². The van der Waals surface area contributed by atoms with Gasteiger partial charge in [-0.05, 0) is 31.1 Å². The second-order valence-electron chi connectivity index (χ2n) is 4.81. The van der Waals surface area contributed by atoms with Crippen LogP contribution in [0.15, 0.2) is 35.3 Å². The molecule has 1 aromatic rings. The predicted octanol–water partition coefficient (Wildman–Crippen LogP) is 2.59. The summed E-state index contributed by atoms with van der Waals surface area (Å²) in [5, 5.41) is 12.2. The van der Waals surface area contributed by atoms with Gasteiger partial charge in [-0.2, -0.15) is 11.8 Å². The number of aliphatic imine (C=N–C) groups is 1. The molecule has 3 nitrogen and oxygen atoms in total. The van der Waals surface area contributed by atoms with Gasteiger partial charge >= 0.3 is 0 Å². The Morgan fingerprint density at radius 2 is 2.10 bits per heavy atom. The number of thioether (sulfide) groups is 1. The summed E-state index contributed by atoms with van der Waals surface area (Å²) in [4.78, 5) is 4.41. The lowest BCUT2D eigenvalue weighted by molar-refractivity contribution is 0.287. The van der Waals surface area contributed by atoms with E-state index in [0.29, 0.717) is 12.6 Å². The summed E-state index contributed by atoms with van der Waals surface area (Å²) < 4.78 is 0. The minimum Gasteiger partial charge on any atom is -0.396 e. The maximum atomic E-state index is 8.69. The molecule has 1 atom stereocenters. The van der Waals surface area contributed by atoms with Crippen LogP contribution >= 0.6 is 11.8 Å². The molecule has 20 heavy (non-hydrogen) atoms. The van der Waals surface area contributed by atoms with Crippen molar-refractivity contribution in [1.82, 2.24) is 5.32 Å². The van der Waals surface area contributed by atoms with Crippen molar-refractivity contribution >= 4 is 18.0 Å². The minimum absolute atomic E-state index is 0.313. The summed E-state index contributed by atoms with van der Waals surface area (Å²) >= 11 is 1.95. The smallest absolute Gasteiger partial charge is 0.0514 e. The number of hydrogen-bond acceptors (Lipinski definition) is 4. The van der Waals surface area contributed by atoms with Gasteiger partial charge in [-0.15, -0.1) is 0 Å². The number of nitrogens with one attached hydrogen (secondary N) is 1. The molecular formula is C16H26N2OS. The lowest BCUT2D eigenvalue weighted by atomic mass is 10.2. The molecule has 0 aromatic heterocycles. The molecular weight excluding hydrogens is 268 g/mol. The van der Waals surface area contributed by atoms with Crippen molar-refractivity contribution in [3.05, 3.63) is 35.9 Å². The summed E-state index contributed by atoms with van der Waals surface area (Å²) in [5.74, 6) is 2.26. The van der Waals surface area contributed by atoms with Crippen molar-refractivity contribution in [3.63, 3.8) is 0 Å². The van der Waals surface area contributed by atoms with E-state index in [0.717, 1.165) is 43.0 Å². The second kappa shape index (κ2) is 11.9. The van der Waals surface area contributed by atoms with Gasteiger partial charge in [-0.25, -0.2) is 0 Å². The highest BCUT2D eigenvalue weighted by Crippen LogP contribution is 2.06. The third kappa shape index (κ3) is 9.13. The number of unbranched alkanes of at least 4 members (excludes halogenated alkanes) is 1. The van der Waals surface area contributed by atoms with Crippen LogP contribution in [-0.2, 0) is 0 Å². The molecule has 1 unspecified atom stereocenters. The van der Waals surface area contributed by atoms with Crippen LogP contribution in [0.2, 0.25) is 0 Å². The SMILES string of the molecule is CC(CSCCCCO)NCCN=Cc1ccccc1. The van der Waals surface area contributed by atoms with Crippen LogP contribution in [0.25, 0.3) is 0 Å². The van der Waals surface area contributed by atoms with Gasteiger partial charge in [0.2, 0.25) is 0 Å². The Bertz CT molecular complexity index is 357. The summed E-state index contributed by atoms with van der Waals surface area (Å²) in [6.45, 7) is 4.25. The summed E-state index contributed by atoms with van der Waals surface area (Å²) in [6, 6.07) is 10.7. The highest BCUT2D eigenvalue weighted by molar-refractivity contribution is 7.99. The molecule has 0 aliphatic carbocycles. The Morgan fingerprint density at radius 3 is 2.85 bits per heavy atom. The molecule has 0 fully saturated rings. The number of hydrogen-bond donors (Lipinski definition) is 2. The molecule has 4 heteroatoms. The van der Waals surface area contributed by atoms with Gasteiger partial charge in [-0.1, -0.05) is 30.3 Å². The highest BCUT2D eigenvalue weighted by Gasteiger charge is 2.00. The third-order valence-electron chi connectivity index (χ3n) is 2.84. The summed E-state index contributed by atoms with van der Waals surface area (Å²) in [6.07, 6.45) is 3.95. The van der Waals surface area contributed by atoms with Gasteiger partial charge in [0, 0.05) is 31.2 Å². The fourth-order valence-electron chi connectivity index (χ4n) is 1.72. The molecule has 0 heterocycles. The molecule has 0 saturated heterocycles. The Hall–Kier alpha value is -0.840. The zero-order chi connectivity index (χ0) is 14.5. The molecule has 0 bridgehead atoms. The molecule has 0 saturated carbocycles. The van der Waals surface area contributed by atoms with Crippen LogP contribution < -0.4 is 5.32 Å². The van der Waals surface area contributed by atoms with Crippen molar-refractivity contribution in [2.45, 2.75) is 25.8 Å². The maximum absolute atomic E-state index is 8.69. The second-order valence-corrected chi connectivity index (χ2v) is 5.96. The summed E-state index contributed by atoms with van der Waals surface area (Å²) in [5.41, 5.74) is 1.15. The molecule has 2 N–H and O–H groups in total. The van der Waals surface area contributed by atoms with Gasteiger partial charge in [0.05, 0.1) is 6.54 Å². The lowest BCUT2D eigenvalue weighted by Crippen LogP contribution is -2.30. The Labute approximate surface area is 126 Å². The van der Waals surface area contributed by atoms with Crippen molar-refractivity contribution < 1.29 is 5.11 Å². The average Bonchev–Trinajstić information content (AvgIpc) is 2.48. The first-order valence-corrected chi connectivity index (χ1v) is 8.45. The molecule has 0 radical (unpaired) electrons. The molecule has 0 amide bonds. The minimum atomic E-state index is 0.313. The highest BCUT2D eigenvalue weighted by atomic mass is 32.2. The van der Waals surface area contributed by atoms with Gasteiger partial charge in [0.15, 0.2) is 0 Å². The summed E-state index contributed by atoms with van der Waals surface area (Å²) in [7, 11) is 0. The van der Waals surface area contributed by atoms with E-state index in [-0.39, 0.29) is 0 Å². The van der Waals surface area contributed by atoms with Crippen LogP contribution in [0.1, 0.15) is 25.3 Å². The molecule has 1 aromatic carbocycles. The van der Waals surface area contributed by atoms with Crippen molar-refractivity contribution in [1.29, 1.82) is 0 Å². The average molecular weight is 294 g/mol. The van der Waals surface area contributed by atoms with E-state index < -0.39 is 0 Å². The zero-order valence-corrected chi connectivity index (χ0v) is 13.1. The molecule has 0 aliphatic heterocycles. The Balaban J connectivity index is 1.99. The van der Waals surface area contributed by atoms with Gasteiger partial charge in [0.1, 0.15) is 0 Å². The van der Waals surface area contributed by atoms with Gasteiger partial charge in [0.25, 0.3) is 0 Å². The topological polar surface area (TPSA) is 44.6 Å². The van der Waals surface area contributed by atoms with Crippen LogP contribution in [0, 0.1) is 0 Å². The van der Waals surface area contributed by atoms with E-state index in [4.69, 9.17) is 5.11 Å². The van der Waals surface area contributed by atoms with E-state index in [2.05, 4.69) is 29.4 Å². The fraction of sp³-hybridized carbons (Fsp3) is 0.562. The monoisotopic (exact) mass is 294 g/mol. The largest absolute Gasteiger partial charge is 0.396 e. The van der Waals surface area contributed by atoms with Crippen LogP contribution in [0.5, 0.6) is 0 Å². The standard InChI is InChI=1S/C16H26N2OS/c1-15(14-20-12-6-5-11-19)18-10-9-17-13-16-7-3-2-4-8-16/h2-4,7-8,13,15,18-19H,5-6,9-12,14H2,1H3. The van der Waals surface area contributed by atoms with Crippen LogP contribution in [0.3, 0.4) is 0 Å². The Kier molecular flexibility index (Phi) is 10.3. The van der Waals surface area contributed by atoms with Crippen molar-refractivity contribution in [2.75, 3.05) is 31.2 Å². The first-order chi connectivity index (χ1) is 9.83. The van der Waals surface area contributed by atoms with Crippen LogP contribution in [-0.4, -0.2) is 48.6 Å². The first-order valence-electron chi connectivity index (χ1n) is 7.30. The quantitative estimate of drug-likeness (QED) is 0.487. The molecule has 112 valence electrons. The zero-order valence-electron chi connectivity index (χ0n) is 12.3. The normalized spacial score (nSPS) is 12.9. The fourth-order valence-corrected chi connectivity index (χ4v) is 2.77. The van der Waals surface area contributed by atoms with Crippen LogP contribution in [0.4, 0.5) is 0 Å². The number of nitrogens with zero attached hydrogens (tertiary/aromatic N) is 1. The van der Waals surface area contributed by atoms with E-state index >= 15 is 0 Å². The molecule has 1 rings (SSSR count). The number of aliphatic hydroxyl groups excluding tert-OH is 1. The predicted molar refractivity (Wildman–Crippen MR) is 90.0 cm³/mol. The van der Waals surface area contributed by atoms with Crippen molar-refractivity contribution in [2.24, 2.45) is 4.99 Å². The van der Waals surface area contributed by atoms with E-state index in [1.807, 2.05) is 36.2 Å². The first kappa shape index (κ1) is 17.2. The third-order valence-corrected chi connectivity index (χ3v) is 4.15. The Morgan fingerprint density at radius 1 is 1.30 bits per heavy atom. The van der Waals surface area contributed by atoms with E-state index in [9.17, 15) is 0 Å². The van der Waals surface area contributed by atoms with Gasteiger partial charge in [-0.3, -0.25) is 4.99 Å². The van der Waals surface area contributed by atoms with E-state index in [1.54, 1.807) is 0 Å². The lowest BCUT2D eigenvalue weighted by Gasteiger charge is -2.12. The number of rotatable bonds is 11. The number of benzene rings is 1. The molecule has 0 aliphatic rings. The number of aliphatic hydroxyl groups is 1. The van der Waals surface area contributed by atoms with Crippen molar-refractivity contribution in [3.8, 4) is 0 Å². The molecule has 0 spiro atoms. The maximum Gasteiger partial charge on any atom is 0.0514 e.